The van der Waals surface area contributed by atoms with Crippen molar-refractivity contribution in [3.8, 4) is 0 Å². The maximum atomic E-state index is 11.0. The summed E-state index contributed by atoms with van der Waals surface area (Å²) in [5.41, 5.74) is 6.05. The van der Waals surface area contributed by atoms with Gasteiger partial charge >= 0.3 is 0 Å². The molecule has 1 aromatic rings. The predicted octanol–water partition coefficient (Wildman–Crippen LogP) is 3.05. The average molecular weight is 247 g/mol. The Labute approximate surface area is 110 Å². The van der Waals surface area contributed by atoms with Crippen LogP contribution in [0.5, 0.6) is 0 Å². The Bertz CT molecular complexity index is 365. The van der Waals surface area contributed by atoms with Gasteiger partial charge in [0.15, 0.2) is 0 Å². The zero-order valence-electron chi connectivity index (χ0n) is 11.3. The molecule has 1 aromatic carbocycles. The second kappa shape index (κ2) is 5.85. The minimum atomic E-state index is -0.838. The van der Waals surface area contributed by atoms with E-state index in [2.05, 4.69) is 6.92 Å². The molecule has 2 rings (SSSR count). The number of hydrogen-bond donors (Lipinski definition) is 2. The van der Waals surface area contributed by atoms with E-state index in [0.717, 1.165) is 24.3 Å². The predicted molar refractivity (Wildman–Crippen MR) is 75.1 cm³/mol. The fourth-order valence-electron chi connectivity index (χ4n) is 3.34. The van der Waals surface area contributed by atoms with E-state index in [1.807, 2.05) is 30.3 Å². The van der Waals surface area contributed by atoms with Gasteiger partial charge in [-0.15, -0.1) is 0 Å². The highest BCUT2D eigenvalue weighted by molar-refractivity contribution is 5.24. The van der Waals surface area contributed by atoms with Crippen molar-refractivity contribution < 1.29 is 5.11 Å². The summed E-state index contributed by atoms with van der Waals surface area (Å²) in [7, 11) is 0. The Morgan fingerprint density at radius 3 is 2.61 bits per heavy atom. The molecule has 0 aliphatic heterocycles. The monoisotopic (exact) mass is 247 g/mol. The van der Waals surface area contributed by atoms with Crippen LogP contribution < -0.4 is 5.73 Å². The van der Waals surface area contributed by atoms with Gasteiger partial charge in [-0.1, -0.05) is 56.5 Å². The summed E-state index contributed by atoms with van der Waals surface area (Å²) < 4.78 is 0. The molecule has 1 aliphatic carbocycles. The minimum Gasteiger partial charge on any atom is -0.384 e. The van der Waals surface area contributed by atoms with Gasteiger partial charge in [0, 0.05) is 6.54 Å². The summed E-state index contributed by atoms with van der Waals surface area (Å²) in [6.45, 7) is 2.56. The van der Waals surface area contributed by atoms with Crippen molar-refractivity contribution in [2.45, 2.75) is 44.6 Å². The molecule has 1 aliphatic rings. The lowest BCUT2D eigenvalue weighted by atomic mass is 9.69. The summed E-state index contributed by atoms with van der Waals surface area (Å²) in [6, 6.07) is 9.95. The lowest BCUT2D eigenvalue weighted by Gasteiger charge is -2.40. The van der Waals surface area contributed by atoms with Crippen molar-refractivity contribution in [1.82, 2.24) is 0 Å². The molecule has 18 heavy (non-hydrogen) atoms. The molecule has 0 spiro atoms. The number of hydrogen-bond acceptors (Lipinski definition) is 2. The fraction of sp³-hybridized carbons (Fsp3) is 0.625. The fourth-order valence-corrected chi connectivity index (χ4v) is 3.34. The molecule has 0 heterocycles. The maximum Gasteiger partial charge on any atom is 0.105 e. The first-order chi connectivity index (χ1) is 8.70. The van der Waals surface area contributed by atoms with Crippen LogP contribution in [0.15, 0.2) is 30.3 Å². The molecule has 3 unspecified atom stereocenters. The number of rotatable bonds is 4. The van der Waals surface area contributed by atoms with Crippen LogP contribution in [0.2, 0.25) is 0 Å². The molecule has 100 valence electrons. The highest BCUT2D eigenvalue weighted by Gasteiger charge is 2.39. The lowest BCUT2D eigenvalue weighted by molar-refractivity contribution is -0.0396. The van der Waals surface area contributed by atoms with E-state index in [1.54, 1.807) is 0 Å². The van der Waals surface area contributed by atoms with Crippen LogP contribution in [0.4, 0.5) is 0 Å². The Morgan fingerprint density at radius 1 is 1.28 bits per heavy atom. The molecular weight excluding hydrogens is 222 g/mol. The Morgan fingerprint density at radius 2 is 2.00 bits per heavy atom. The molecule has 0 radical (unpaired) electrons. The van der Waals surface area contributed by atoms with Gasteiger partial charge < -0.3 is 10.8 Å². The highest BCUT2D eigenvalue weighted by Crippen LogP contribution is 2.41. The van der Waals surface area contributed by atoms with Gasteiger partial charge in [0.25, 0.3) is 0 Å². The van der Waals surface area contributed by atoms with E-state index in [0.29, 0.717) is 12.5 Å². The van der Waals surface area contributed by atoms with Gasteiger partial charge in [0.1, 0.15) is 5.60 Å². The summed E-state index contributed by atoms with van der Waals surface area (Å²) in [5.74, 6) is 1.06. The molecule has 2 heteroatoms. The van der Waals surface area contributed by atoms with Gasteiger partial charge in [0.05, 0.1) is 0 Å². The van der Waals surface area contributed by atoms with Crippen LogP contribution in [0.1, 0.15) is 44.6 Å². The quantitative estimate of drug-likeness (QED) is 0.859. The molecule has 1 saturated carbocycles. The SMILES string of the molecule is CCC1CCCC(C(O)(CN)c2ccccc2)C1. The molecule has 0 aromatic heterocycles. The van der Waals surface area contributed by atoms with Gasteiger partial charge in [-0.2, -0.15) is 0 Å². The number of benzene rings is 1. The molecule has 1 fully saturated rings. The van der Waals surface area contributed by atoms with E-state index >= 15 is 0 Å². The smallest absolute Gasteiger partial charge is 0.105 e. The second-order valence-electron chi connectivity index (χ2n) is 5.63. The topological polar surface area (TPSA) is 46.2 Å². The van der Waals surface area contributed by atoms with Crippen molar-refractivity contribution in [2.24, 2.45) is 17.6 Å². The first kappa shape index (κ1) is 13.6. The van der Waals surface area contributed by atoms with E-state index in [9.17, 15) is 5.11 Å². The summed E-state index contributed by atoms with van der Waals surface area (Å²) in [4.78, 5) is 0. The second-order valence-corrected chi connectivity index (χ2v) is 5.63. The van der Waals surface area contributed by atoms with Gasteiger partial charge in [0.2, 0.25) is 0 Å². The van der Waals surface area contributed by atoms with Crippen LogP contribution in [0, 0.1) is 11.8 Å². The van der Waals surface area contributed by atoms with E-state index in [1.165, 1.54) is 19.3 Å². The van der Waals surface area contributed by atoms with Crippen LogP contribution in [-0.2, 0) is 5.60 Å². The van der Waals surface area contributed by atoms with Crippen molar-refractivity contribution in [3.05, 3.63) is 35.9 Å². The number of aliphatic hydroxyl groups is 1. The normalized spacial score (nSPS) is 27.7. The molecule has 0 bridgehead atoms. The maximum absolute atomic E-state index is 11.0. The average Bonchev–Trinajstić information content (AvgIpc) is 2.47. The summed E-state index contributed by atoms with van der Waals surface area (Å²) in [6.07, 6.45) is 5.95. The largest absolute Gasteiger partial charge is 0.384 e. The zero-order chi connectivity index (χ0) is 13.0. The van der Waals surface area contributed by atoms with Crippen molar-refractivity contribution in [3.63, 3.8) is 0 Å². The van der Waals surface area contributed by atoms with Crippen LogP contribution >= 0.6 is 0 Å². The van der Waals surface area contributed by atoms with Gasteiger partial charge in [-0.3, -0.25) is 0 Å². The molecule has 3 N–H and O–H groups in total. The van der Waals surface area contributed by atoms with Crippen LogP contribution in [-0.4, -0.2) is 11.7 Å². The van der Waals surface area contributed by atoms with E-state index in [4.69, 9.17) is 5.73 Å². The minimum absolute atomic E-state index is 0.309. The highest BCUT2D eigenvalue weighted by atomic mass is 16.3. The first-order valence-electron chi connectivity index (χ1n) is 7.18. The molecule has 3 atom stereocenters. The van der Waals surface area contributed by atoms with E-state index < -0.39 is 5.60 Å². The summed E-state index contributed by atoms with van der Waals surface area (Å²) >= 11 is 0. The third-order valence-electron chi connectivity index (χ3n) is 4.62. The van der Waals surface area contributed by atoms with Crippen molar-refractivity contribution in [1.29, 1.82) is 0 Å². The Kier molecular flexibility index (Phi) is 4.41. The van der Waals surface area contributed by atoms with Crippen molar-refractivity contribution >= 4 is 0 Å². The number of nitrogens with two attached hydrogens (primary N) is 1. The molecule has 0 amide bonds. The van der Waals surface area contributed by atoms with Crippen LogP contribution in [0.25, 0.3) is 0 Å². The van der Waals surface area contributed by atoms with Crippen LogP contribution in [0.3, 0.4) is 0 Å². The van der Waals surface area contributed by atoms with Gasteiger partial charge in [-0.05, 0) is 30.2 Å². The third kappa shape index (κ3) is 2.60. The lowest BCUT2D eigenvalue weighted by Crippen LogP contribution is -2.44. The zero-order valence-corrected chi connectivity index (χ0v) is 11.3. The summed E-state index contributed by atoms with van der Waals surface area (Å²) in [5, 5.41) is 11.0. The standard InChI is InChI=1S/C16H25NO/c1-2-13-7-6-10-15(11-13)16(18,12-17)14-8-4-3-5-9-14/h3-5,8-9,13,15,18H,2,6-7,10-12,17H2,1H3. The third-order valence-corrected chi connectivity index (χ3v) is 4.62. The Hall–Kier alpha value is -0.860. The van der Waals surface area contributed by atoms with Crippen molar-refractivity contribution in [2.75, 3.05) is 6.54 Å². The first-order valence-corrected chi connectivity index (χ1v) is 7.18. The van der Waals surface area contributed by atoms with E-state index in [-0.39, 0.29) is 0 Å². The van der Waals surface area contributed by atoms with Gasteiger partial charge in [-0.25, -0.2) is 0 Å². The molecule has 2 nitrogen and oxygen atoms in total. The molecular formula is C16H25NO. The Balaban J connectivity index is 2.21. The molecule has 0 saturated heterocycles.